The van der Waals surface area contributed by atoms with E-state index in [9.17, 15) is 19.7 Å². The molecule has 0 saturated heterocycles. The number of benzene rings is 1. The Kier molecular flexibility index (Phi) is 5.14. The number of hydrogen-bond donors (Lipinski definition) is 2. The molecule has 0 bridgehead atoms. The third-order valence-corrected chi connectivity index (χ3v) is 3.31. The predicted octanol–water partition coefficient (Wildman–Crippen LogP) is 2.88. The van der Waals surface area contributed by atoms with Crippen molar-refractivity contribution in [2.45, 2.75) is 25.8 Å². The summed E-state index contributed by atoms with van der Waals surface area (Å²) in [5.41, 5.74) is -1.59. The fourth-order valence-electron chi connectivity index (χ4n) is 1.64. The topological polar surface area (TPSA) is 110 Å². The van der Waals surface area contributed by atoms with E-state index < -0.39 is 28.0 Å². The number of carboxylic acids is 1. The Morgan fingerprint density at radius 1 is 1.38 bits per heavy atom. The van der Waals surface area contributed by atoms with Gasteiger partial charge in [-0.3, -0.25) is 19.7 Å². The van der Waals surface area contributed by atoms with E-state index in [0.29, 0.717) is 0 Å². The Morgan fingerprint density at radius 2 is 1.95 bits per heavy atom. The van der Waals surface area contributed by atoms with Gasteiger partial charge in [0.25, 0.3) is 11.6 Å². The number of amides is 1. The molecule has 0 fully saturated rings. The number of halogens is 2. The smallest absolute Gasteiger partial charge is 0.305 e. The average molecular weight is 335 g/mol. The molecular formula is C12H12Cl2N2O5. The number of carbonyl (C=O) groups is 2. The number of nitro groups is 1. The fourth-order valence-corrected chi connectivity index (χ4v) is 2.03. The zero-order chi connectivity index (χ0) is 16.4. The number of nitrogens with zero attached hydrogens (tertiary/aromatic N) is 1. The molecule has 0 saturated carbocycles. The SMILES string of the molecule is CC(C)(CC(=O)O)NC(=O)c1cc(Cl)c(Cl)c([N+](=O)[O-])c1. The van der Waals surface area contributed by atoms with E-state index in [1.165, 1.54) is 19.9 Å². The first-order valence-electron chi connectivity index (χ1n) is 5.71. The van der Waals surface area contributed by atoms with Crippen LogP contribution in [0.1, 0.15) is 30.6 Å². The Bertz CT molecular complexity index is 616. The fraction of sp³-hybridized carbons (Fsp3) is 0.333. The molecule has 2 N–H and O–H groups in total. The van der Waals surface area contributed by atoms with Crippen LogP contribution in [0.3, 0.4) is 0 Å². The minimum Gasteiger partial charge on any atom is -0.481 e. The average Bonchev–Trinajstić information content (AvgIpc) is 2.29. The molecule has 0 atom stereocenters. The maximum absolute atomic E-state index is 12.1. The van der Waals surface area contributed by atoms with Crippen molar-refractivity contribution in [2.24, 2.45) is 0 Å². The van der Waals surface area contributed by atoms with Crippen molar-refractivity contribution in [1.29, 1.82) is 0 Å². The molecule has 1 aromatic carbocycles. The van der Waals surface area contributed by atoms with E-state index in [-0.39, 0.29) is 22.0 Å². The molecule has 0 unspecified atom stereocenters. The van der Waals surface area contributed by atoms with Gasteiger partial charge in [-0.15, -0.1) is 0 Å². The summed E-state index contributed by atoms with van der Waals surface area (Å²) in [6.07, 6.45) is -0.303. The van der Waals surface area contributed by atoms with Gasteiger partial charge in [0.15, 0.2) is 0 Å². The van der Waals surface area contributed by atoms with Gasteiger partial charge in [0.1, 0.15) is 5.02 Å². The second kappa shape index (κ2) is 6.28. The summed E-state index contributed by atoms with van der Waals surface area (Å²) in [6.45, 7) is 3.04. The van der Waals surface area contributed by atoms with Gasteiger partial charge < -0.3 is 10.4 Å². The van der Waals surface area contributed by atoms with Crippen molar-refractivity contribution in [2.75, 3.05) is 0 Å². The summed E-state index contributed by atoms with van der Waals surface area (Å²) in [5, 5.41) is 21.7. The van der Waals surface area contributed by atoms with Gasteiger partial charge in [0, 0.05) is 17.2 Å². The lowest BCUT2D eigenvalue weighted by Crippen LogP contribution is -2.44. The highest BCUT2D eigenvalue weighted by Gasteiger charge is 2.26. The molecule has 21 heavy (non-hydrogen) atoms. The molecule has 1 amide bonds. The van der Waals surface area contributed by atoms with Gasteiger partial charge in [-0.25, -0.2) is 0 Å². The first kappa shape index (κ1) is 17.2. The molecule has 1 rings (SSSR count). The highest BCUT2D eigenvalue weighted by Crippen LogP contribution is 2.33. The van der Waals surface area contributed by atoms with E-state index in [2.05, 4.69) is 5.32 Å². The summed E-state index contributed by atoms with van der Waals surface area (Å²) in [6, 6.07) is 2.17. The monoisotopic (exact) mass is 334 g/mol. The molecule has 114 valence electrons. The molecule has 0 heterocycles. The minimum absolute atomic E-state index is 0.0745. The van der Waals surface area contributed by atoms with Crippen molar-refractivity contribution in [3.63, 3.8) is 0 Å². The zero-order valence-electron chi connectivity index (χ0n) is 11.1. The molecule has 0 aliphatic carbocycles. The van der Waals surface area contributed by atoms with Crippen LogP contribution < -0.4 is 5.32 Å². The third kappa shape index (κ3) is 4.57. The van der Waals surface area contributed by atoms with Crippen LogP contribution in [0, 0.1) is 10.1 Å². The Hall–Kier alpha value is -1.86. The second-order valence-corrected chi connectivity index (χ2v) is 5.74. The van der Waals surface area contributed by atoms with Gasteiger partial charge in [-0.1, -0.05) is 23.2 Å². The van der Waals surface area contributed by atoms with E-state index in [1.807, 2.05) is 0 Å². The highest BCUT2D eigenvalue weighted by molar-refractivity contribution is 6.43. The lowest BCUT2D eigenvalue weighted by Gasteiger charge is -2.24. The number of nitrogens with one attached hydrogen (secondary N) is 1. The standard InChI is InChI=1S/C12H12Cl2N2O5/c1-12(2,5-9(17)18)15-11(19)6-3-7(13)10(14)8(4-6)16(20)21/h3-4H,5H2,1-2H3,(H,15,19)(H,17,18). The molecule has 1 aromatic rings. The number of nitro benzene ring substituents is 1. The number of carbonyl (C=O) groups excluding carboxylic acids is 1. The summed E-state index contributed by atoms with van der Waals surface area (Å²) in [4.78, 5) is 32.8. The van der Waals surface area contributed by atoms with Crippen LogP contribution in [0.25, 0.3) is 0 Å². The van der Waals surface area contributed by atoms with Crippen molar-refractivity contribution in [3.8, 4) is 0 Å². The Labute approximate surface area is 130 Å². The lowest BCUT2D eigenvalue weighted by atomic mass is 10.00. The molecule has 9 heteroatoms. The number of rotatable bonds is 5. The molecule has 0 aliphatic heterocycles. The predicted molar refractivity (Wildman–Crippen MR) is 76.9 cm³/mol. The molecule has 0 spiro atoms. The van der Waals surface area contributed by atoms with Crippen LogP contribution in [0.15, 0.2) is 12.1 Å². The van der Waals surface area contributed by atoms with Crippen LogP contribution >= 0.6 is 23.2 Å². The number of aliphatic carboxylic acids is 1. The zero-order valence-corrected chi connectivity index (χ0v) is 12.7. The Balaban J connectivity index is 3.09. The second-order valence-electron chi connectivity index (χ2n) is 4.96. The van der Waals surface area contributed by atoms with Crippen molar-refractivity contribution in [3.05, 3.63) is 37.9 Å². The van der Waals surface area contributed by atoms with Crippen LogP contribution in [-0.4, -0.2) is 27.4 Å². The van der Waals surface area contributed by atoms with E-state index in [1.54, 1.807) is 0 Å². The number of hydrogen-bond acceptors (Lipinski definition) is 4. The van der Waals surface area contributed by atoms with Crippen molar-refractivity contribution < 1.29 is 19.6 Å². The summed E-state index contributed by atoms with van der Waals surface area (Å²) in [7, 11) is 0. The van der Waals surface area contributed by atoms with Crippen LogP contribution in [-0.2, 0) is 4.79 Å². The van der Waals surface area contributed by atoms with Crippen molar-refractivity contribution in [1.82, 2.24) is 5.32 Å². The maximum atomic E-state index is 12.1. The van der Waals surface area contributed by atoms with Gasteiger partial charge in [-0.05, 0) is 19.9 Å². The summed E-state index contributed by atoms with van der Waals surface area (Å²) < 4.78 is 0. The van der Waals surface area contributed by atoms with Crippen LogP contribution in [0.5, 0.6) is 0 Å². The highest BCUT2D eigenvalue weighted by atomic mass is 35.5. The minimum atomic E-state index is -1.08. The van der Waals surface area contributed by atoms with Crippen molar-refractivity contribution >= 4 is 40.8 Å². The Morgan fingerprint density at radius 3 is 2.43 bits per heavy atom. The largest absolute Gasteiger partial charge is 0.481 e. The van der Waals surface area contributed by atoms with E-state index >= 15 is 0 Å². The molecular weight excluding hydrogens is 323 g/mol. The molecule has 0 radical (unpaired) electrons. The first-order chi connectivity index (χ1) is 9.53. The van der Waals surface area contributed by atoms with E-state index in [0.717, 1.165) is 6.07 Å². The molecule has 0 aromatic heterocycles. The van der Waals surface area contributed by atoms with Crippen LogP contribution in [0.4, 0.5) is 5.69 Å². The third-order valence-electron chi connectivity index (χ3n) is 2.51. The van der Waals surface area contributed by atoms with Gasteiger partial charge in [-0.2, -0.15) is 0 Å². The van der Waals surface area contributed by atoms with E-state index in [4.69, 9.17) is 28.3 Å². The number of carboxylic acid groups (broad SMARTS) is 1. The lowest BCUT2D eigenvalue weighted by molar-refractivity contribution is -0.384. The maximum Gasteiger partial charge on any atom is 0.305 e. The summed E-state index contributed by atoms with van der Waals surface area (Å²) >= 11 is 11.4. The summed E-state index contributed by atoms with van der Waals surface area (Å²) in [5.74, 6) is -1.76. The first-order valence-corrected chi connectivity index (χ1v) is 6.47. The molecule has 0 aliphatic rings. The normalized spacial score (nSPS) is 11.0. The quantitative estimate of drug-likeness (QED) is 0.635. The van der Waals surface area contributed by atoms with Crippen LogP contribution in [0.2, 0.25) is 10.0 Å². The molecule has 7 nitrogen and oxygen atoms in total. The van der Waals surface area contributed by atoms with Gasteiger partial charge >= 0.3 is 5.97 Å². The van der Waals surface area contributed by atoms with Gasteiger partial charge in [0.05, 0.1) is 16.4 Å². The van der Waals surface area contributed by atoms with Gasteiger partial charge in [0.2, 0.25) is 0 Å².